The average Bonchev–Trinajstić information content (AvgIpc) is 3.13. The lowest BCUT2D eigenvalue weighted by Crippen LogP contribution is -2.29. The average molecular weight is 394 g/mol. The molecule has 0 radical (unpaired) electrons. The quantitative estimate of drug-likeness (QED) is 0.520. The molecular weight excluding hydrogens is 362 g/mol. The molecule has 1 fully saturated rings. The Morgan fingerprint density at radius 3 is 2.69 bits per heavy atom. The molecule has 29 heavy (non-hydrogen) atoms. The minimum Gasteiger partial charge on any atom is -0.384 e. The van der Waals surface area contributed by atoms with Gasteiger partial charge in [-0.05, 0) is 61.6 Å². The number of nitrogens with one attached hydrogen (secondary N) is 3. The van der Waals surface area contributed by atoms with Gasteiger partial charge in [0.25, 0.3) is 5.56 Å². The number of aromatic amines is 2. The third-order valence-electron chi connectivity index (χ3n) is 6.17. The first-order valence-corrected chi connectivity index (χ1v) is 10.6. The maximum atomic E-state index is 12.7. The molecule has 154 valence electrons. The van der Waals surface area contributed by atoms with E-state index >= 15 is 0 Å². The number of benzene rings is 1. The number of imidazole rings is 1. The molecule has 1 aliphatic carbocycles. The van der Waals surface area contributed by atoms with Crippen molar-refractivity contribution < 1.29 is 0 Å². The van der Waals surface area contributed by atoms with Crippen molar-refractivity contribution in [1.82, 2.24) is 15.0 Å². The van der Waals surface area contributed by atoms with Crippen LogP contribution in [0, 0.1) is 12.8 Å². The Morgan fingerprint density at radius 1 is 1.21 bits per heavy atom. The zero-order valence-corrected chi connectivity index (χ0v) is 17.5. The molecule has 0 bridgehead atoms. The number of aromatic nitrogens is 3. The third-order valence-corrected chi connectivity index (χ3v) is 6.17. The molecule has 4 rings (SSSR count). The molecular formula is C23H31N5O. The van der Waals surface area contributed by atoms with Crippen molar-refractivity contribution in [2.75, 3.05) is 11.9 Å². The number of nitrogens with zero attached hydrogens (tertiary/aromatic N) is 1. The van der Waals surface area contributed by atoms with Gasteiger partial charge < -0.3 is 21.0 Å². The van der Waals surface area contributed by atoms with E-state index in [1.165, 1.54) is 5.56 Å². The number of fused-ring (bicyclic) bond motifs is 1. The van der Waals surface area contributed by atoms with E-state index in [2.05, 4.69) is 48.2 Å². The minimum absolute atomic E-state index is 0.136. The summed E-state index contributed by atoms with van der Waals surface area (Å²) in [6.45, 7) is 7.24. The maximum Gasteiger partial charge on any atom is 0.261 e. The van der Waals surface area contributed by atoms with Gasteiger partial charge in [0.2, 0.25) is 0 Å². The molecule has 2 aromatic heterocycles. The predicted molar refractivity (Wildman–Crippen MR) is 119 cm³/mol. The predicted octanol–water partition coefficient (Wildman–Crippen LogP) is 4.28. The summed E-state index contributed by atoms with van der Waals surface area (Å²) in [5, 5.41) is 3.51. The standard InChI is InChI=1S/C23H31N5O/c1-13(2)17-9-4-14(3)20-21(17)28-22(27-20)19-18(10-11-25-23(19)29)26-12-15-5-7-16(24)8-6-15/h4,9-11,13,15-16H,5-8,12,24H2,1-3H3,(H,27,28)(H2,25,26,29). The molecule has 0 amide bonds. The van der Waals surface area contributed by atoms with Crippen LogP contribution in [0.25, 0.3) is 22.4 Å². The van der Waals surface area contributed by atoms with Gasteiger partial charge in [-0.25, -0.2) is 4.98 Å². The smallest absolute Gasteiger partial charge is 0.261 e. The summed E-state index contributed by atoms with van der Waals surface area (Å²) in [5.41, 5.74) is 11.6. The SMILES string of the molecule is Cc1ccc(C(C)C)c2[nH]c(-c3c(NCC4CCC(N)CC4)cc[nH]c3=O)nc12. The second kappa shape index (κ2) is 8.03. The van der Waals surface area contributed by atoms with Crippen LogP contribution in [-0.4, -0.2) is 27.5 Å². The molecule has 6 heteroatoms. The molecule has 0 unspecified atom stereocenters. The third kappa shape index (κ3) is 3.94. The Morgan fingerprint density at radius 2 is 1.97 bits per heavy atom. The summed E-state index contributed by atoms with van der Waals surface area (Å²) in [6, 6.07) is 6.52. The number of hydrogen-bond donors (Lipinski definition) is 4. The molecule has 3 aromatic rings. The summed E-state index contributed by atoms with van der Waals surface area (Å²) in [4.78, 5) is 23.8. The van der Waals surface area contributed by atoms with Crippen molar-refractivity contribution in [2.45, 2.75) is 58.4 Å². The van der Waals surface area contributed by atoms with E-state index in [0.717, 1.165) is 54.5 Å². The summed E-state index contributed by atoms with van der Waals surface area (Å²) in [7, 11) is 0. The molecule has 1 aliphatic rings. The van der Waals surface area contributed by atoms with Crippen molar-refractivity contribution in [3.05, 3.63) is 45.9 Å². The number of hydrogen-bond acceptors (Lipinski definition) is 4. The van der Waals surface area contributed by atoms with E-state index in [-0.39, 0.29) is 5.56 Å². The number of anilines is 1. The highest BCUT2D eigenvalue weighted by atomic mass is 16.1. The molecule has 0 aliphatic heterocycles. The highest BCUT2D eigenvalue weighted by Gasteiger charge is 2.21. The lowest BCUT2D eigenvalue weighted by Gasteiger charge is -2.26. The lowest BCUT2D eigenvalue weighted by molar-refractivity contribution is 0.339. The number of aryl methyl sites for hydroxylation is 1. The van der Waals surface area contributed by atoms with Crippen LogP contribution in [0.2, 0.25) is 0 Å². The zero-order valence-electron chi connectivity index (χ0n) is 17.5. The fourth-order valence-corrected chi connectivity index (χ4v) is 4.35. The zero-order chi connectivity index (χ0) is 20.5. The van der Waals surface area contributed by atoms with E-state index < -0.39 is 0 Å². The van der Waals surface area contributed by atoms with Crippen LogP contribution < -0.4 is 16.6 Å². The maximum absolute atomic E-state index is 12.7. The van der Waals surface area contributed by atoms with Crippen LogP contribution >= 0.6 is 0 Å². The summed E-state index contributed by atoms with van der Waals surface area (Å²) >= 11 is 0. The highest BCUT2D eigenvalue weighted by Crippen LogP contribution is 2.31. The van der Waals surface area contributed by atoms with Gasteiger partial charge in [-0.2, -0.15) is 0 Å². The van der Waals surface area contributed by atoms with Crippen molar-refractivity contribution in [3.8, 4) is 11.4 Å². The number of H-pyrrole nitrogens is 2. The number of rotatable bonds is 5. The molecule has 1 aromatic carbocycles. The summed E-state index contributed by atoms with van der Waals surface area (Å²) < 4.78 is 0. The summed E-state index contributed by atoms with van der Waals surface area (Å²) in [5.74, 6) is 1.58. The molecule has 0 spiro atoms. The van der Waals surface area contributed by atoms with Gasteiger partial charge in [0.05, 0.1) is 16.7 Å². The fourth-order valence-electron chi connectivity index (χ4n) is 4.35. The normalized spacial score (nSPS) is 19.8. The van der Waals surface area contributed by atoms with Crippen molar-refractivity contribution in [3.63, 3.8) is 0 Å². The van der Waals surface area contributed by atoms with Crippen LogP contribution in [0.3, 0.4) is 0 Å². The Hall–Kier alpha value is -2.60. The fraction of sp³-hybridized carbons (Fsp3) is 0.478. The van der Waals surface area contributed by atoms with Gasteiger partial charge >= 0.3 is 0 Å². The Kier molecular flexibility index (Phi) is 5.46. The van der Waals surface area contributed by atoms with Gasteiger partial charge in [0.15, 0.2) is 0 Å². The molecule has 0 saturated heterocycles. The van der Waals surface area contributed by atoms with E-state index in [1.807, 2.05) is 6.07 Å². The highest BCUT2D eigenvalue weighted by molar-refractivity contribution is 5.87. The molecule has 0 atom stereocenters. The van der Waals surface area contributed by atoms with Crippen LogP contribution in [0.5, 0.6) is 0 Å². The van der Waals surface area contributed by atoms with Crippen LogP contribution in [0.15, 0.2) is 29.2 Å². The van der Waals surface area contributed by atoms with Gasteiger partial charge in [-0.15, -0.1) is 0 Å². The van der Waals surface area contributed by atoms with Crippen molar-refractivity contribution >= 4 is 16.7 Å². The second-order valence-corrected chi connectivity index (χ2v) is 8.69. The van der Waals surface area contributed by atoms with Gasteiger partial charge in [0.1, 0.15) is 11.4 Å². The first kappa shape index (κ1) is 19.7. The molecule has 1 saturated carbocycles. The van der Waals surface area contributed by atoms with Crippen LogP contribution in [0.1, 0.15) is 56.6 Å². The number of pyridine rings is 1. The largest absolute Gasteiger partial charge is 0.384 e. The molecule has 5 N–H and O–H groups in total. The monoisotopic (exact) mass is 393 g/mol. The van der Waals surface area contributed by atoms with Crippen molar-refractivity contribution in [2.24, 2.45) is 11.7 Å². The Balaban J connectivity index is 1.69. The summed E-state index contributed by atoms with van der Waals surface area (Å²) in [6.07, 6.45) is 6.12. The van der Waals surface area contributed by atoms with Crippen LogP contribution in [0.4, 0.5) is 5.69 Å². The van der Waals surface area contributed by atoms with Gasteiger partial charge in [-0.1, -0.05) is 26.0 Å². The van der Waals surface area contributed by atoms with Gasteiger partial charge in [0, 0.05) is 18.8 Å². The van der Waals surface area contributed by atoms with E-state index in [4.69, 9.17) is 10.7 Å². The Labute approximate surface area is 171 Å². The number of nitrogens with two attached hydrogens (primary N) is 1. The Bertz CT molecular complexity index is 1060. The lowest BCUT2D eigenvalue weighted by atomic mass is 9.86. The molecule has 2 heterocycles. The topological polar surface area (TPSA) is 99.6 Å². The first-order valence-electron chi connectivity index (χ1n) is 10.6. The van der Waals surface area contributed by atoms with E-state index in [9.17, 15) is 4.79 Å². The van der Waals surface area contributed by atoms with Crippen LogP contribution in [-0.2, 0) is 0 Å². The molecule has 6 nitrogen and oxygen atoms in total. The van der Waals surface area contributed by atoms with Gasteiger partial charge in [-0.3, -0.25) is 4.79 Å². The van der Waals surface area contributed by atoms with E-state index in [0.29, 0.717) is 29.3 Å². The first-order chi connectivity index (χ1) is 13.9. The minimum atomic E-state index is -0.136. The second-order valence-electron chi connectivity index (χ2n) is 8.69. The van der Waals surface area contributed by atoms with E-state index in [1.54, 1.807) is 6.20 Å². The van der Waals surface area contributed by atoms with Crippen molar-refractivity contribution in [1.29, 1.82) is 0 Å².